The van der Waals surface area contributed by atoms with Gasteiger partial charge in [-0.2, -0.15) is 0 Å². The highest BCUT2D eigenvalue weighted by molar-refractivity contribution is 5.38. The summed E-state index contributed by atoms with van der Waals surface area (Å²) in [7, 11) is 0. The molecule has 0 aromatic heterocycles. The summed E-state index contributed by atoms with van der Waals surface area (Å²) in [5.41, 5.74) is 4.43. The molecule has 0 aromatic carbocycles. The van der Waals surface area contributed by atoms with Gasteiger partial charge >= 0.3 is 0 Å². The van der Waals surface area contributed by atoms with Crippen LogP contribution in [0.3, 0.4) is 0 Å². The standard InChI is InChI=1S/C21H33N/c1-13-10-16-12-20(3,4)11-15-8-9-21(22-5)14(2)6-7-17(13)19(21)18(15)16/h13-15,17,19H,5-12H2,1-4H3. The maximum Gasteiger partial charge on any atom is 0.0694 e. The topological polar surface area (TPSA) is 12.4 Å². The number of rotatable bonds is 1. The van der Waals surface area contributed by atoms with Crippen molar-refractivity contribution in [3.63, 3.8) is 0 Å². The predicted molar refractivity (Wildman–Crippen MR) is 94.2 cm³/mol. The summed E-state index contributed by atoms with van der Waals surface area (Å²) in [5, 5.41) is 0. The van der Waals surface area contributed by atoms with Gasteiger partial charge in [0.15, 0.2) is 0 Å². The maximum atomic E-state index is 4.88. The minimum absolute atomic E-state index is 0.177. The predicted octanol–water partition coefficient (Wildman–Crippen LogP) is 5.65. The first-order valence-electron chi connectivity index (χ1n) is 9.57. The van der Waals surface area contributed by atoms with Crippen LogP contribution in [-0.4, -0.2) is 12.3 Å². The van der Waals surface area contributed by atoms with Crippen LogP contribution in [0.25, 0.3) is 0 Å². The molecule has 4 rings (SSSR count). The summed E-state index contributed by atoms with van der Waals surface area (Å²) < 4.78 is 0. The minimum Gasteiger partial charge on any atom is -0.293 e. The first-order valence-corrected chi connectivity index (χ1v) is 9.57. The van der Waals surface area contributed by atoms with E-state index in [1.807, 2.05) is 11.1 Å². The molecule has 0 amide bonds. The van der Waals surface area contributed by atoms with Gasteiger partial charge in [-0.3, -0.25) is 4.99 Å². The van der Waals surface area contributed by atoms with Crippen LogP contribution < -0.4 is 0 Å². The van der Waals surface area contributed by atoms with Gasteiger partial charge in [0.25, 0.3) is 0 Å². The lowest BCUT2D eigenvalue weighted by molar-refractivity contribution is 0.00325. The van der Waals surface area contributed by atoms with Crippen molar-refractivity contribution in [2.75, 3.05) is 0 Å². The average Bonchev–Trinajstić information content (AvgIpc) is 2.45. The Morgan fingerprint density at radius 2 is 1.91 bits per heavy atom. The number of hydrogen-bond donors (Lipinski definition) is 0. The molecular formula is C21H33N. The lowest BCUT2D eigenvalue weighted by Gasteiger charge is -2.61. The SMILES string of the molecule is C=NC12CCC3CC(C)(C)CC4=C3C1C(CCC2C)C(C)C4. The first kappa shape index (κ1) is 15.0. The van der Waals surface area contributed by atoms with Gasteiger partial charge < -0.3 is 0 Å². The monoisotopic (exact) mass is 299 g/mol. The van der Waals surface area contributed by atoms with E-state index in [4.69, 9.17) is 4.99 Å². The Labute approximate surface area is 136 Å². The van der Waals surface area contributed by atoms with Crippen molar-refractivity contribution in [3.8, 4) is 0 Å². The second-order valence-electron chi connectivity index (χ2n) is 9.79. The molecule has 4 aliphatic carbocycles. The number of aliphatic imine (C=N–C) groups is 1. The fourth-order valence-corrected chi connectivity index (χ4v) is 7.07. The van der Waals surface area contributed by atoms with Gasteiger partial charge in [-0.1, -0.05) is 38.8 Å². The molecule has 4 aliphatic rings. The van der Waals surface area contributed by atoms with Crippen molar-refractivity contribution >= 4 is 6.72 Å². The third-order valence-electron chi connectivity index (χ3n) is 7.91. The zero-order valence-corrected chi connectivity index (χ0v) is 15.0. The lowest BCUT2D eigenvalue weighted by atomic mass is 9.45. The molecule has 0 N–H and O–H groups in total. The Kier molecular flexibility index (Phi) is 3.20. The third-order valence-corrected chi connectivity index (χ3v) is 7.91. The lowest BCUT2D eigenvalue weighted by Crippen LogP contribution is -2.57. The molecule has 6 unspecified atom stereocenters. The molecule has 0 aromatic rings. The average molecular weight is 300 g/mol. The van der Waals surface area contributed by atoms with Crippen LogP contribution in [0.1, 0.15) is 72.6 Å². The fraction of sp³-hybridized carbons (Fsp3) is 0.857. The Balaban J connectivity index is 1.87. The van der Waals surface area contributed by atoms with Crippen molar-refractivity contribution < 1.29 is 0 Å². The highest BCUT2D eigenvalue weighted by Crippen LogP contribution is 2.64. The Hall–Kier alpha value is -0.590. The molecule has 0 saturated heterocycles. The van der Waals surface area contributed by atoms with E-state index in [-0.39, 0.29) is 5.54 Å². The second-order valence-corrected chi connectivity index (χ2v) is 9.79. The zero-order valence-electron chi connectivity index (χ0n) is 15.0. The van der Waals surface area contributed by atoms with Crippen LogP contribution in [0, 0.1) is 35.0 Å². The number of nitrogens with zero attached hydrogens (tertiary/aromatic N) is 1. The van der Waals surface area contributed by atoms with E-state index in [0.29, 0.717) is 5.41 Å². The molecular weight excluding hydrogens is 266 g/mol. The maximum absolute atomic E-state index is 4.88. The van der Waals surface area contributed by atoms with E-state index in [9.17, 15) is 0 Å². The van der Waals surface area contributed by atoms with Gasteiger partial charge in [-0.15, -0.1) is 0 Å². The van der Waals surface area contributed by atoms with E-state index in [1.165, 1.54) is 44.9 Å². The van der Waals surface area contributed by atoms with Crippen molar-refractivity contribution in [1.29, 1.82) is 0 Å². The molecule has 2 fully saturated rings. The van der Waals surface area contributed by atoms with Gasteiger partial charge in [0.05, 0.1) is 5.54 Å². The third kappa shape index (κ3) is 1.86. The van der Waals surface area contributed by atoms with Gasteiger partial charge in [-0.25, -0.2) is 0 Å². The minimum atomic E-state index is 0.177. The summed E-state index contributed by atoms with van der Waals surface area (Å²) in [6.07, 6.45) is 9.57. The summed E-state index contributed by atoms with van der Waals surface area (Å²) in [5.74, 6) is 4.05. The Morgan fingerprint density at radius 1 is 1.14 bits per heavy atom. The van der Waals surface area contributed by atoms with Crippen LogP contribution in [0.5, 0.6) is 0 Å². The summed E-state index contributed by atoms with van der Waals surface area (Å²) in [4.78, 5) is 4.88. The molecule has 0 bridgehead atoms. The molecule has 1 nitrogen and oxygen atoms in total. The van der Waals surface area contributed by atoms with E-state index < -0.39 is 0 Å². The van der Waals surface area contributed by atoms with Crippen molar-refractivity contribution in [1.82, 2.24) is 0 Å². The first-order chi connectivity index (χ1) is 10.4. The smallest absolute Gasteiger partial charge is 0.0694 e. The van der Waals surface area contributed by atoms with Crippen molar-refractivity contribution in [3.05, 3.63) is 11.1 Å². The Morgan fingerprint density at radius 3 is 2.64 bits per heavy atom. The highest BCUT2D eigenvalue weighted by Gasteiger charge is 2.58. The van der Waals surface area contributed by atoms with Gasteiger partial charge in [0.2, 0.25) is 0 Å². The van der Waals surface area contributed by atoms with E-state index in [2.05, 4.69) is 34.4 Å². The molecule has 1 heteroatoms. The number of allylic oxidation sites excluding steroid dienone is 1. The molecule has 0 radical (unpaired) electrons. The molecule has 0 aliphatic heterocycles. The van der Waals surface area contributed by atoms with Crippen LogP contribution in [0.4, 0.5) is 0 Å². The highest BCUT2D eigenvalue weighted by atomic mass is 14.9. The zero-order chi connectivity index (χ0) is 15.7. The van der Waals surface area contributed by atoms with Crippen LogP contribution >= 0.6 is 0 Å². The van der Waals surface area contributed by atoms with Gasteiger partial charge in [0.1, 0.15) is 0 Å². The largest absolute Gasteiger partial charge is 0.293 e. The molecule has 122 valence electrons. The summed E-state index contributed by atoms with van der Waals surface area (Å²) in [6.45, 7) is 14.1. The fourth-order valence-electron chi connectivity index (χ4n) is 7.07. The summed E-state index contributed by atoms with van der Waals surface area (Å²) in [6, 6.07) is 0. The van der Waals surface area contributed by atoms with Gasteiger partial charge in [0, 0.05) is 5.92 Å². The molecule has 0 heterocycles. The summed E-state index contributed by atoms with van der Waals surface area (Å²) >= 11 is 0. The van der Waals surface area contributed by atoms with Crippen LogP contribution in [0.15, 0.2) is 16.1 Å². The number of hydrogen-bond acceptors (Lipinski definition) is 1. The van der Waals surface area contributed by atoms with Crippen LogP contribution in [0.2, 0.25) is 0 Å². The molecule has 6 atom stereocenters. The van der Waals surface area contributed by atoms with Crippen LogP contribution in [-0.2, 0) is 0 Å². The quantitative estimate of drug-likeness (QED) is 0.438. The normalized spacial score (nSPS) is 49.5. The molecule has 22 heavy (non-hydrogen) atoms. The molecule has 2 saturated carbocycles. The Bertz CT molecular complexity index is 528. The van der Waals surface area contributed by atoms with E-state index >= 15 is 0 Å². The van der Waals surface area contributed by atoms with Crippen molar-refractivity contribution in [2.45, 2.75) is 78.2 Å². The van der Waals surface area contributed by atoms with Gasteiger partial charge in [-0.05, 0) is 80.7 Å². The van der Waals surface area contributed by atoms with E-state index in [0.717, 1.165) is 29.6 Å². The van der Waals surface area contributed by atoms with E-state index in [1.54, 1.807) is 0 Å². The second kappa shape index (κ2) is 4.71. The van der Waals surface area contributed by atoms with Crippen molar-refractivity contribution in [2.24, 2.45) is 40.0 Å². The molecule has 0 spiro atoms.